The van der Waals surface area contributed by atoms with Crippen LogP contribution < -0.4 is 10.5 Å². The molecule has 0 heterocycles. The molecule has 2 unspecified atom stereocenters. The molecular formula is C14H21NO2. The van der Waals surface area contributed by atoms with Crippen LogP contribution in [0.3, 0.4) is 0 Å². The highest BCUT2D eigenvalue weighted by molar-refractivity contribution is 5.20. The van der Waals surface area contributed by atoms with Crippen molar-refractivity contribution in [2.45, 2.75) is 31.2 Å². The summed E-state index contributed by atoms with van der Waals surface area (Å²) in [5.41, 5.74) is 5.80. The van der Waals surface area contributed by atoms with Crippen molar-refractivity contribution in [2.24, 2.45) is 11.7 Å². The van der Waals surface area contributed by atoms with Gasteiger partial charge in [0, 0.05) is 5.54 Å². The average Bonchev–Trinajstić information content (AvgIpc) is 2.73. The van der Waals surface area contributed by atoms with Gasteiger partial charge >= 0.3 is 0 Å². The lowest BCUT2D eigenvalue weighted by atomic mass is 9.87. The summed E-state index contributed by atoms with van der Waals surface area (Å²) in [5.74, 6) is 1.29. The fourth-order valence-electron chi connectivity index (χ4n) is 2.64. The molecule has 94 valence electrons. The van der Waals surface area contributed by atoms with Crippen molar-refractivity contribution in [3.8, 4) is 5.75 Å². The summed E-state index contributed by atoms with van der Waals surface area (Å²) in [6, 6.07) is 9.81. The largest absolute Gasteiger partial charge is 0.494 e. The molecule has 0 amide bonds. The zero-order valence-corrected chi connectivity index (χ0v) is 10.1. The van der Waals surface area contributed by atoms with Crippen LogP contribution in [0, 0.1) is 5.92 Å². The number of ether oxygens (including phenoxy) is 1. The predicted molar refractivity (Wildman–Crippen MR) is 67.9 cm³/mol. The summed E-state index contributed by atoms with van der Waals surface area (Å²) in [4.78, 5) is 0. The second kappa shape index (κ2) is 5.52. The van der Waals surface area contributed by atoms with Gasteiger partial charge in [-0.05, 0) is 37.3 Å². The fraction of sp³-hybridized carbons (Fsp3) is 0.571. The van der Waals surface area contributed by atoms with E-state index in [-0.39, 0.29) is 12.1 Å². The Morgan fingerprint density at radius 2 is 2.12 bits per heavy atom. The second-order valence-electron chi connectivity index (χ2n) is 4.93. The molecule has 0 aliphatic heterocycles. The molecule has 0 spiro atoms. The molecule has 0 saturated heterocycles. The predicted octanol–water partition coefficient (Wildman–Crippen LogP) is 1.95. The Kier molecular flexibility index (Phi) is 4.02. The number of hydrogen-bond donors (Lipinski definition) is 2. The van der Waals surface area contributed by atoms with Gasteiger partial charge in [0.25, 0.3) is 0 Å². The second-order valence-corrected chi connectivity index (χ2v) is 4.93. The number of aliphatic hydroxyl groups is 1. The molecule has 3 N–H and O–H groups in total. The first-order chi connectivity index (χ1) is 8.24. The highest BCUT2D eigenvalue weighted by Gasteiger charge is 2.38. The minimum Gasteiger partial charge on any atom is -0.494 e. The lowest BCUT2D eigenvalue weighted by Gasteiger charge is -2.29. The third-order valence-corrected chi connectivity index (χ3v) is 3.78. The van der Waals surface area contributed by atoms with Crippen LogP contribution in [0.1, 0.15) is 25.7 Å². The van der Waals surface area contributed by atoms with Crippen molar-refractivity contribution in [3.05, 3.63) is 30.3 Å². The number of rotatable bonds is 5. The zero-order chi connectivity index (χ0) is 12.1. The first-order valence-corrected chi connectivity index (χ1v) is 6.32. The molecule has 0 bridgehead atoms. The van der Waals surface area contributed by atoms with Gasteiger partial charge in [0.2, 0.25) is 0 Å². The first kappa shape index (κ1) is 12.4. The molecule has 1 aromatic carbocycles. The van der Waals surface area contributed by atoms with E-state index < -0.39 is 0 Å². The molecule has 0 aromatic heterocycles. The lowest BCUT2D eigenvalue weighted by Crippen LogP contribution is -2.47. The van der Waals surface area contributed by atoms with Crippen LogP contribution in [0.4, 0.5) is 0 Å². The molecule has 2 rings (SSSR count). The van der Waals surface area contributed by atoms with E-state index in [4.69, 9.17) is 10.5 Å². The van der Waals surface area contributed by atoms with Crippen LogP contribution in [0.15, 0.2) is 30.3 Å². The van der Waals surface area contributed by atoms with Crippen molar-refractivity contribution in [1.82, 2.24) is 0 Å². The minimum atomic E-state index is -0.375. The van der Waals surface area contributed by atoms with E-state index in [0.29, 0.717) is 12.5 Å². The van der Waals surface area contributed by atoms with Crippen molar-refractivity contribution >= 4 is 0 Å². The average molecular weight is 235 g/mol. The summed E-state index contributed by atoms with van der Waals surface area (Å²) in [5, 5.41) is 9.35. The maximum atomic E-state index is 9.35. The summed E-state index contributed by atoms with van der Waals surface area (Å²) >= 11 is 0. The van der Waals surface area contributed by atoms with Gasteiger partial charge in [-0.3, -0.25) is 0 Å². The van der Waals surface area contributed by atoms with Crippen LogP contribution in [0.25, 0.3) is 0 Å². The van der Waals surface area contributed by atoms with Gasteiger partial charge in [0.15, 0.2) is 0 Å². The first-order valence-electron chi connectivity index (χ1n) is 6.32. The van der Waals surface area contributed by atoms with Crippen molar-refractivity contribution < 1.29 is 9.84 Å². The summed E-state index contributed by atoms with van der Waals surface area (Å²) in [6.07, 6.45) is 4.08. The van der Waals surface area contributed by atoms with E-state index in [1.807, 2.05) is 30.3 Å². The highest BCUT2D eigenvalue weighted by Crippen LogP contribution is 2.35. The zero-order valence-electron chi connectivity index (χ0n) is 10.1. The van der Waals surface area contributed by atoms with Gasteiger partial charge in [-0.1, -0.05) is 24.6 Å². The van der Waals surface area contributed by atoms with Crippen molar-refractivity contribution in [3.63, 3.8) is 0 Å². The van der Waals surface area contributed by atoms with Crippen LogP contribution in [0.2, 0.25) is 0 Å². The SMILES string of the molecule is NC1(CO)CCCC1CCOc1ccccc1. The molecule has 1 aromatic rings. The maximum absolute atomic E-state index is 9.35. The number of benzene rings is 1. The van der Waals surface area contributed by atoms with E-state index in [1.165, 1.54) is 0 Å². The molecule has 3 nitrogen and oxygen atoms in total. The Labute approximate surface area is 103 Å². The lowest BCUT2D eigenvalue weighted by molar-refractivity contribution is 0.143. The van der Waals surface area contributed by atoms with Crippen molar-refractivity contribution in [1.29, 1.82) is 0 Å². The Balaban J connectivity index is 1.79. The summed E-state index contributed by atoms with van der Waals surface area (Å²) < 4.78 is 5.67. The summed E-state index contributed by atoms with van der Waals surface area (Å²) in [6.45, 7) is 0.761. The molecular weight excluding hydrogens is 214 g/mol. The molecule has 1 saturated carbocycles. The Hall–Kier alpha value is -1.06. The third-order valence-electron chi connectivity index (χ3n) is 3.78. The number of nitrogens with two attached hydrogens (primary N) is 1. The molecule has 1 aliphatic rings. The Bertz CT molecular complexity index is 341. The standard InChI is InChI=1S/C14H21NO2/c15-14(11-16)9-4-5-12(14)8-10-17-13-6-2-1-3-7-13/h1-3,6-7,12,16H,4-5,8-11,15H2. The monoisotopic (exact) mass is 235 g/mol. The highest BCUT2D eigenvalue weighted by atomic mass is 16.5. The van der Waals surface area contributed by atoms with Gasteiger partial charge in [-0.15, -0.1) is 0 Å². The fourth-order valence-corrected chi connectivity index (χ4v) is 2.64. The molecule has 2 atom stereocenters. The summed E-state index contributed by atoms with van der Waals surface area (Å²) in [7, 11) is 0. The Morgan fingerprint density at radius 3 is 2.82 bits per heavy atom. The molecule has 1 fully saturated rings. The van der Waals surface area contributed by atoms with Crippen LogP contribution in [-0.4, -0.2) is 23.9 Å². The number of hydrogen-bond acceptors (Lipinski definition) is 3. The normalized spacial score (nSPS) is 28.2. The molecule has 3 heteroatoms. The maximum Gasteiger partial charge on any atom is 0.119 e. The van der Waals surface area contributed by atoms with Crippen LogP contribution in [-0.2, 0) is 0 Å². The van der Waals surface area contributed by atoms with Gasteiger partial charge in [-0.25, -0.2) is 0 Å². The number of aliphatic hydroxyl groups excluding tert-OH is 1. The smallest absolute Gasteiger partial charge is 0.119 e. The van der Waals surface area contributed by atoms with Crippen molar-refractivity contribution in [2.75, 3.05) is 13.2 Å². The van der Waals surface area contributed by atoms with E-state index in [0.717, 1.165) is 31.4 Å². The van der Waals surface area contributed by atoms with Gasteiger partial charge < -0.3 is 15.6 Å². The van der Waals surface area contributed by atoms with E-state index in [1.54, 1.807) is 0 Å². The molecule has 1 aliphatic carbocycles. The van der Waals surface area contributed by atoms with Gasteiger partial charge in [-0.2, -0.15) is 0 Å². The quantitative estimate of drug-likeness (QED) is 0.820. The van der Waals surface area contributed by atoms with E-state index in [9.17, 15) is 5.11 Å². The molecule has 17 heavy (non-hydrogen) atoms. The Morgan fingerprint density at radius 1 is 1.35 bits per heavy atom. The van der Waals surface area contributed by atoms with Gasteiger partial charge in [0.1, 0.15) is 5.75 Å². The minimum absolute atomic E-state index is 0.0863. The molecule has 0 radical (unpaired) electrons. The number of para-hydroxylation sites is 1. The van der Waals surface area contributed by atoms with Crippen LogP contribution >= 0.6 is 0 Å². The third kappa shape index (κ3) is 2.99. The van der Waals surface area contributed by atoms with E-state index in [2.05, 4.69) is 0 Å². The van der Waals surface area contributed by atoms with E-state index >= 15 is 0 Å². The topological polar surface area (TPSA) is 55.5 Å². The van der Waals surface area contributed by atoms with Gasteiger partial charge in [0.05, 0.1) is 13.2 Å². The van der Waals surface area contributed by atoms with Crippen LogP contribution in [0.5, 0.6) is 5.75 Å².